The normalized spacial score (nSPS) is 19.8. The van der Waals surface area contributed by atoms with Gasteiger partial charge in [0.25, 0.3) is 0 Å². The molecule has 1 aromatic carbocycles. The molecule has 1 aromatic heterocycles. The van der Waals surface area contributed by atoms with E-state index in [1.807, 2.05) is 0 Å². The van der Waals surface area contributed by atoms with Crippen LogP contribution in [-0.2, 0) is 11.0 Å². The number of hydrogen-bond donors (Lipinski definition) is 2. The Balaban J connectivity index is 0.00000243. The minimum atomic E-state index is -4.68. The van der Waals surface area contributed by atoms with E-state index in [1.165, 1.54) is 12.1 Å². The van der Waals surface area contributed by atoms with Crippen LogP contribution >= 0.6 is 12.4 Å². The van der Waals surface area contributed by atoms with Gasteiger partial charge in [0.1, 0.15) is 0 Å². The van der Waals surface area contributed by atoms with Crippen molar-refractivity contribution in [2.75, 3.05) is 11.9 Å². The van der Waals surface area contributed by atoms with E-state index in [0.717, 1.165) is 19.3 Å². The fraction of sp³-hybridized carbons (Fsp3) is 0.438. The first-order valence-electron chi connectivity index (χ1n) is 7.90. The maximum absolute atomic E-state index is 12.5. The molecule has 1 aliphatic carbocycles. The van der Waals surface area contributed by atoms with Gasteiger partial charge in [-0.15, -0.1) is 12.4 Å². The maximum atomic E-state index is 12.5. The van der Waals surface area contributed by atoms with Crippen molar-refractivity contribution in [3.05, 3.63) is 30.2 Å². The number of carbonyl (C=O) groups is 1. The first kappa shape index (κ1) is 20.2. The molecule has 0 unspecified atom stereocenters. The topological polar surface area (TPSA) is 94.0 Å². The molecule has 1 saturated carbocycles. The van der Waals surface area contributed by atoms with Gasteiger partial charge in [-0.25, -0.2) is 0 Å². The third-order valence-electron chi connectivity index (χ3n) is 4.38. The number of carbonyl (C=O) groups excluding carboxylic acids is 1. The van der Waals surface area contributed by atoms with Crippen LogP contribution in [0.3, 0.4) is 0 Å². The summed E-state index contributed by atoms with van der Waals surface area (Å²) in [5.41, 5.74) is 6.60. The van der Waals surface area contributed by atoms with Crippen LogP contribution in [0.1, 0.15) is 25.2 Å². The van der Waals surface area contributed by atoms with E-state index < -0.39 is 12.1 Å². The molecule has 2 atom stereocenters. The second-order valence-electron chi connectivity index (χ2n) is 6.02. The second-order valence-corrected chi connectivity index (χ2v) is 6.02. The molecule has 26 heavy (non-hydrogen) atoms. The predicted octanol–water partition coefficient (Wildman–Crippen LogP) is 3.49. The molecule has 1 fully saturated rings. The Morgan fingerprint density at radius 1 is 1.27 bits per heavy atom. The van der Waals surface area contributed by atoms with Crippen molar-refractivity contribution < 1.29 is 22.5 Å². The van der Waals surface area contributed by atoms with Crippen LogP contribution in [0.15, 0.2) is 28.8 Å². The zero-order chi connectivity index (χ0) is 18.0. The third kappa shape index (κ3) is 4.34. The summed E-state index contributed by atoms with van der Waals surface area (Å²) in [6.07, 6.45) is -1.93. The number of nitrogens with two attached hydrogens (primary N) is 1. The zero-order valence-electron chi connectivity index (χ0n) is 13.6. The molecular weight excluding hydrogens is 373 g/mol. The van der Waals surface area contributed by atoms with Crippen molar-refractivity contribution in [1.29, 1.82) is 0 Å². The lowest BCUT2D eigenvalue weighted by Gasteiger charge is -2.17. The Morgan fingerprint density at radius 2 is 1.96 bits per heavy atom. The summed E-state index contributed by atoms with van der Waals surface area (Å²) in [6, 6.07) is 6.22. The highest BCUT2D eigenvalue weighted by molar-refractivity contribution is 5.93. The molecule has 1 aliphatic rings. The molecular formula is C16H18ClF3N4O2. The van der Waals surface area contributed by atoms with Gasteiger partial charge in [-0.1, -0.05) is 11.6 Å². The molecule has 0 radical (unpaired) electrons. The molecule has 10 heteroatoms. The van der Waals surface area contributed by atoms with E-state index in [1.54, 1.807) is 12.1 Å². The van der Waals surface area contributed by atoms with Crippen LogP contribution in [0.4, 0.5) is 18.9 Å². The monoisotopic (exact) mass is 390 g/mol. The molecule has 3 N–H and O–H groups in total. The number of nitrogens with one attached hydrogen (secondary N) is 1. The fourth-order valence-corrected chi connectivity index (χ4v) is 3.06. The summed E-state index contributed by atoms with van der Waals surface area (Å²) in [7, 11) is 0. The summed E-state index contributed by atoms with van der Waals surface area (Å²) in [6.45, 7) is 0.483. The molecule has 142 valence electrons. The number of hydrogen-bond acceptors (Lipinski definition) is 5. The van der Waals surface area contributed by atoms with Crippen LogP contribution in [0.25, 0.3) is 11.4 Å². The van der Waals surface area contributed by atoms with Crippen LogP contribution in [-0.4, -0.2) is 22.6 Å². The van der Waals surface area contributed by atoms with E-state index in [4.69, 9.17) is 5.73 Å². The number of halogens is 4. The third-order valence-corrected chi connectivity index (χ3v) is 4.38. The number of aromatic nitrogens is 2. The lowest BCUT2D eigenvalue weighted by atomic mass is 9.95. The standard InChI is InChI=1S/C16H17F3N4O2.ClH/c17-16(18,19)15-22-13(23-25-15)9-4-6-11(7-5-9)21-14(24)12-3-1-2-10(12)8-20;/h4-7,10,12H,1-3,8,20H2,(H,21,24);1H/t10-,12-;/m1./s1. The molecule has 0 bridgehead atoms. The Morgan fingerprint density at radius 3 is 2.54 bits per heavy atom. The molecule has 0 aliphatic heterocycles. The van der Waals surface area contributed by atoms with Gasteiger partial charge in [-0.2, -0.15) is 18.2 Å². The highest BCUT2D eigenvalue weighted by Gasteiger charge is 2.38. The Bertz CT molecular complexity index is 749. The SMILES string of the molecule is Cl.NC[C@H]1CCC[C@H]1C(=O)Nc1ccc(-c2noc(C(F)(F)F)n2)cc1. The minimum absolute atomic E-state index is 0. The van der Waals surface area contributed by atoms with Crippen LogP contribution in [0.2, 0.25) is 0 Å². The van der Waals surface area contributed by atoms with Gasteiger partial charge in [-0.3, -0.25) is 4.79 Å². The molecule has 0 spiro atoms. The maximum Gasteiger partial charge on any atom is 0.471 e. The van der Waals surface area contributed by atoms with Gasteiger partial charge in [0.2, 0.25) is 11.7 Å². The summed E-state index contributed by atoms with van der Waals surface area (Å²) in [5.74, 6) is -1.55. The summed E-state index contributed by atoms with van der Waals surface area (Å²) < 4.78 is 41.6. The lowest BCUT2D eigenvalue weighted by molar-refractivity contribution is -0.159. The van der Waals surface area contributed by atoms with Gasteiger partial charge in [0, 0.05) is 17.2 Å². The van der Waals surface area contributed by atoms with E-state index in [9.17, 15) is 18.0 Å². The minimum Gasteiger partial charge on any atom is -0.330 e. The zero-order valence-corrected chi connectivity index (χ0v) is 14.4. The van der Waals surface area contributed by atoms with Crippen LogP contribution < -0.4 is 11.1 Å². The summed E-state index contributed by atoms with van der Waals surface area (Å²) in [5, 5.41) is 6.14. The van der Waals surface area contributed by atoms with Crippen molar-refractivity contribution in [2.24, 2.45) is 17.6 Å². The highest BCUT2D eigenvalue weighted by Crippen LogP contribution is 2.32. The smallest absolute Gasteiger partial charge is 0.330 e. The second kappa shape index (κ2) is 8.05. The first-order valence-corrected chi connectivity index (χ1v) is 7.90. The van der Waals surface area contributed by atoms with Gasteiger partial charge < -0.3 is 15.6 Å². The van der Waals surface area contributed by atoms with Gasteiger partial charge in [-0.05, 0) is 49.6 Å². The fourth-order valence-electron chi connectivity index (χ4n) is 3.06. The van der Waals surface area contributed by atoms with Crippen LogP contribution in [0, 0.1) is 11.8 Å². The molecule has 2 aromatic rings. The molecule has 6 nitrogen and oxygen atoms in total. The van der Waals surface area contributed by atoms with E-state index in [0.29, 0.717) is 17.8 Å². The van der Waals surface area contributed by atoms with Gasteiger partial charge in [0.05, 0.1) is 0 Å². The quantitative estimate of drug-likeness (QED) is 0.833. The van der Waals surface area contributed by atoms with Crippen molar-refractivity contribution in [3.8, 4) is 11.4 Å². The summed E-state index contributed by atoms with van der Waals surface area (Å²) >= 11 is 0. The Hall–Kier alpha value is -2.13. The average molecular weight is 391 g/mol. The Labute approximate surface area is 153 Å². The molecule has 1 heterocycles. The highest BCUT2D eigenvalue weighted by atomic mass is 35.5. The van der Waals surface area contributed by atoms with E-state index in [-0.39, 0.29) is 36.0 Å². The Kier molecular flexibility index (Phi) is 6.25. The van der Waals surface area contributed by atoms with E-state index in [2.05, 4.69) is 20.0 Å². The lowest BCUT2D eigenvalue weighted by Crippen LogP contribution is -2.29. The largest absolute Gasteiger partial charge is 0.471 e. The number of alkyl halides is 3. The number of amides is 1. The van der Waals surface area contributed by atoms with Crippen molar-refractivity contribution in [2.45, 2.75) is 25.4 Å². The van der Waals surface area contributed by atoms with Crippen LogP contribution in [0.5, 0.6) is 0 Å². The first-order chi connectivity index (χ1) is 11.9. The van der Waals surface area contributed by atoms with Crippen molar-refractivity contribution in [1.82, 2.24) is 10.1 Å². The van der Waals surface area contributed by atoms with Gasteiger partial charge in [0.15, 0.2) is 0 Å². The van der Waals surface area contributed by atoms with Crippen molar-refractivity contribution >= 4 is 24.0 Å². The number of benzene rings is 1. The molecule has 1 amide bonds. The number of nitrogens with zero attached hydrogens (tertiary/aromatic N) is 2. The molecule has 0 saturated heterocycles. The van der Waals surface area contributed by atoms with E-state index >= 15 is 0 Å². The molecule has 3 rings (SSSR count). The predicted molar refractivity (Wildman–Crippen MR) is 90.5 cm³/mol. The number of rotatable bonds is 4. The number of anilines is 1. The van der Waals surface area contributed by atoms with Gasteiger partial charge >= 0.3 is 12.1 Å². The van der Waals surface area contributed by atoms with Crippen molar-refractivity contribution in [3.63, 3.8) is 0 Å². The summed E-state index contributed by atoms with van der Waals surface area (Å²) in [4.78, 5) is 15.6. The average Bonchev–Trinajstić information content (AvgIpc) is 3.24.